The number of hydrogen-bond donors (Lipinski definition) is 3. The van der Waals surface area contributed by atoms with E-state index in [9.17, 15) is 0 Å². The molecular formula is C10H14N4O2. The number of aliphatic hydroxyl groups is 1. The molecule has 0 spiro atoms. The third kappa shape index (κ3) is 3.73. The van der Waals surface area contributed by atoms with Gasteiger partial charge in [-0.3, -0.25) is 0 Å². The second kappa shape index (κ2) is 6.61. The fourth-order valence-corrected chi connectivity index (χ4v) is 1.10. The zero-order chi connectivity index (χ0) is 11.8. The Bertz CT molecular complexity index is 376. The number of nitrogen functional groups attached to an aromatic ring is 1. The molecule has 0 unspecified atom stereocenters. The van der Waals surface area contributed by atoms with E-state index in [1.807, 2.05) is 6.07 Å². The number of nitriles is 1. The standard InChI is InChI=1S/C10H14N4O2/c11-6-8-5-9(12)10(14-7-8)13-1-3-16-4-2-15/h5,7,15H,1-4,12H2,(H,13,14). The number of nitrogens with two attached hydrogens (primary N) is 1. The zero-order valence-electron chi connectivity index (χ0n) is 8.81. The van der Waals surface area contributed by atoms with E-state index >= 15 is 0 Å². The van der Waals surface area contributed by atoms with Gasteiger partial charge in [0.1, 0.15) is 11.9 Å². The molecule has 4 N–H and O–H groups in total. The Hall–Kier alpha value is -1.84. The van der Waals surface area contributed by atoms with Gasteiger partial charge in [-0.15, -0.1) is 0 Å². The Kier molecular flexibility index (Phi) is 5.05. The first-order chi connectivity index (χ1) is 7.77. The molecule has 86 valence electrons. The van der Waals surface area contributed by atoms with Gasteiger partial charge in [0.05, 0.1) is 31.1 Å². The summed E-state index contributed by atoms with van der Waals surface area (Å²) in [6.45, 7) is 1.33. The van der Waals surface area contributed by atoms with Crippen molar-refractivity contribution in [3.63, 3.8) is 0 Å². The minimum atomic E-state index is 0.0112. The third-order valence-electron chi connectivity index (χ3n) is 1.82. The molecule has 1 rings (SSSR count). The second-order valence-electron chi connectivity index (χ2n) is 3.04. The topological polar surface area (TPSA) is 104 Å². The molecule has 1 aromatic rings. The quantitative estimate of drug-likeness (QED) is 0.583. The maximum atomic E-state index is 8.62. The summed E-state index contributed by atoms with van der Waals surface area (Å²) in [5.74, 6) is 0.534. The molecule has 0 aliphatic rings. The maximum Gasteiger partial charge on any atom is 0.149 e. The summed E-state index contributed by atoms with van der Waals surface area (Å²) >= 11 is 0. The minimum absolute atomic E-state index is 0.0112. The molecule has 6 nitrogen and oxygen atoms in total. The highest BCUT2D eigenvalue weighted by Gasteiger charge is 2.01. The Morgan fingerprint density at radius 1 is 1.56 bits per heavy atom. The predicted molar refractivity (Wildman–Crippen MR) is 59.8 cm³/mol. The van der Waals surface area contributed by atoms with Crippen LogP contribution >= 0.6 is 0 Å². The number of hydrogen-bond acceptors (Lipinski definition) is 6. The molecule has 0 aliphatic heterocycles. The van der Waals surface area contributed by atoms with Crippen LogP contribution in [0.2, 0.25) is 0 Å². The average molecular weight is 222 g/mol. The van der Waals surface area contributed by atoms with Crippen LogP contribution in [-0.4, -0.2) is 36.5 Å². The van der Waals surface area contributed by atoms with E-state index < -0.39 is 0 Å². The van der Waals surface area contributed by atoms with Gasteiger partial charge in [0.15, 0.2) is 0 Å². The van der Waals surface area contributed by atoms with Crippen molar-refractivity contribution in [1.82, 2.24) is 4.98 Å². The molecule has 0 bridgehead atoms. The second-order valence-corrected chi connectivity index (χ2v) is 3.04. The van der Waals surface area contributed by atoms with Crippen LogP contribution in [0, 0.1) is 11.3 Å². The molecule has 0 aliphatic carbocycles. The number of nitrogens with zero attached hydrogens (tertiary/aromatic N) is 2. The van der Waals surface area contributed by atoms with Crippen molar-refractivity contribution in [2.75, 3.05) is 37.4 Å². The summed E-state index contributed by atoms with van der Waals surface area (Å²) in [5, 5.41) is 20.1. The first kappa shape index (κ1) is 12.2. The fourth-order valence-electron chi connectivity index (χ4n) is 1.10. The normalized spacial score (nSPS) is 9.75. The lowest BCUT2D eigenvalue weighted by Gasteiger charge is -2.08. The number of pyridine rings is 1. The molecule has 1 aromatic heterocycles. The molecule has 0 fully saturated rings. The number of ether oxygens (including phenoxy) is 1. The number of aromatic nitrogens is 1. The number of nitrogens with one attached hydrogen (secondary N) is 1. The van der Waals surface area contributed by atoms with E-state index in [1.54, 1.807) is 6.07 Å². The Morgan fingerprint density at radius 3 is 3.00 bits per heavy atom. The maximum absolute atomic E-state index is 8.62. The van der Waals surface area contributed by atoms with Gasteiger partial charge in [0, 0.05) is 12.7 Å². The summed E-state index contributed by atoms with van der Waals surface area (Å²) < 4.78 is 5.06. The van der Waals surface area contributed by atoms with Crippen molar-refractivity contribution in [2.45, 2.75) is 0 Å². The molecule has 0 amide bonds. The first-order valence-electron chi connectivity index (χ1n) is 4.86. The average Bonchev–Trinajstić information content (AvgIpc) is 2.30. The van der Waals surface area contributed by atoms with Crippen LogP contribution in [-0.2, 0) is 4.74 Å². The molecule has 0 saturated heterocycles. The van der Waals surface area contributed by atoms with E-state index in [2.05, 4.69) is 10.3 Å². The lowest BCUT2D eigenvalue weighted by molar-refractivity contribution is 0.0992. The van der Waals surface area contributed by atoms with Gasteiger partial charge in [-0.05, 0) is 6.07 Å². The Labute approximate surface area is 93.7 Å². The number of anilines is 2. The van der Waals surface area contributed by atoms with Crippen molar-refractivity contribution in [2.24, 2.45) is 0 Å². The van der Waals surface area contributed by atoms with Crippen LogP contribution in [0.15, 0.2) is 12.3 Å². The Balaban J connectivity index is 2.40. The van der Waals surface area contributed by atoms with Crippen molar-refractivity contribution in [1.29, 1.82) is 5.26 Å². The highest BCUT2D eigenvalue weighted by Crippen LogP contribution is 2.15. The van der Waals surface area contributed by atoms with Gasteiger partial charge >= 0.3 is 0 Å². The van der Waals surface area contributed by atoms with Crippen LogP contribution in [0.1, 0.15) is 5.56 Å². The van der Waals surface area contributed by atoms with Crippen LogP contribution in [0.4, 0.5) is 11.5 Å². The van der Waals surface area contributed by atoms with Crippen LogP contribution in [0.3, 0.4) is 0 Å². The molecule has 16 heavy (non-hydrogen) atoms. The van der Waals surface area contributed by atoms with Gasteiger partial charge in [0.2, 0.25) is 0 Å². The van der Waals surface area contributed by atoms with Gasteiger partial charge in [-0.25, -0.2) is 4.98 Å². The summed E-state index contributed by atoms with van der Waals surface area (Å²) in [6.07, 6.45) is 1.45. The predicted octanol–water partition coefficient (Wildman–Crippen LogP) is -0.0437. The highest BCUT2D eigenvalue weighted by atomic mass is 16.5. The monoisotopic (exact) mass is 222 g/mol. The largest absolute Gasteiger partial charge is 0.396 e. The zero-order valence-corrected chi connectivity index (χ0v) is 8.81. The lowest BCUT2D eigenvalue weighted by Crippen LogP contribution is -2.13. The van der Waals surface area contributed by atoms with Crippen molar-refractivity contribution >= 4 is 11.5 Å². The smallest absolute Gasteiger partial charge is 0.149 e. The first-order valence-corrected chi connectivity index (χ1v) is 4.86. The molecule has 0 aromatic carbocycles. The Morgan fingerprint density at radius 2 is 2.38 bits per heavy atom. The van der Waals surface area contributed by atoms with Crippen molar-refractivity contribution in [3.8, 4) is 6.07 Å². The van der Waals surface area contributed by atoms with Crippen LogP contribution in [0.25, 0.3) is 0 Å². The summed E-state index contributed by atoms with van der Waals surface area (Å²) in [6, 6.07) is 3.52. The fraction of sp³-hybridized carbons (Fsp3) is 0.400. The van der Waals surface area contributed by atoms with Crippen molar-refractivity contribution in [3.05, 3.63) is 17.8 Å². The lowest BCUT2D eigenvalue weighted by atomic mass is 10.3. The van der Waals surface area contributed by atoms with E-state index in [-0.39, 0.29) is 6.61 Å². The van der Waals surface area contributed by atoms with E-state index in [0.717, 1.165) is 0 Å². The van der Waals surface area contributed by atoms with Crippen LogP contribution in [0.5, 0.6) is 0 Å². The summed E-state index contributed by atoms with van der Waals surface area (Å²) in [5.41, 5.74) is 6.54. The van der Waals surface area contributed by atoms with Gasteiger partial charge in [-0.2, -0.15) is 5.26 Å². The van der Waals surface area contributed by atoms with E-state index in [4.69, 9.17) is 20.8 Å². The van der Waals surface area contributed by atoms with E-state index in [0.29, 0.717) is 36.8 Å². The van der Waals surface area contributed by atoms with E-state index in [1.165, 1.54) is 6.20 Å². The number of rotatable bonds is 6. The summed E-state index contributed by atoms with van der Waals surface area (Å²) in [7, 11) is 0. The molecule has 0 atom stereocenters. The van der Waals surface area contributed by atoms with Crippen molar-refractivity contribution < 1.29 is 9.84 Å². The SMILES string of the molecule is N#Cc1cnc(NCCOCCO)c(N)c1. The highest BCUT2D eigenvalue weighted by molar-refractivity contribution is 5.62. The summed E-state index contributed by atoms with van der Waals surface area (Å²) in [4.78, 5) is 4.00. The molecule has 0 radical (unpaired) electrons. The van der Waals surface area contributed by atoms with Gasteiger partial charge in [-0.1, -0.05) is 0 Å². The molecule has 6 heteroatoms. The van der Waals surface area contributed by atoms with Gasteiger partial charge < -0.3 is 20.9 Å². The number of aliphatic hydroxyl groups excluding tert-OH is 1. The van der Waals surface area contributed by atoms with Gasteiger partial charge in [0.25, 0.3) is 0 Å². The minimum Gasteiger partial charge on any atom is -0.396 e. The molecule has 1 heterocycles. The third-order valence-corrected chi connectivity index (χ3v) is 1.82. The van der Waals surface area contributed by atoms with Crippen LogP contribution < -0.4 is 11.1 Å². The molecular weight excluding hydrogens is 208 g/mol. The molecule has 0 saturated carbocycles.